The van der Waals surface area contributed by atoms with E-state index in [4.69, 9.17) is 4.74 Å². The van der Waals surface area contributed by atoms with E-state index in [1.54, 1.807) is 42.5 Å². The van der Waals surface area contributed by atoms with Crippen molar-refractivity contribution in [3.63, 3.8) is 0 Å². The fourth-order valence-electron chi connectivity index (χ4n) is 3.41. The number of carbonyl (C=O) groups excluding carboxylic acids is 1. The third-order valence-corrected chi connectivity index (χ3v) is 6.28. The van der Waals surface area contributed by atoms with Crippen molar-refractivity contribution in [1.82, 2.24) is 4.57 Å². The van der Waals surface area contributed by atoms with Crippen molar-refractivity contribution in [3.05, 3.63) is 63.8 Å². The number of hydrogen-bond acceptors (Lipinski definition) is 7. The largest absolute Gasteiger partial charge is 1.00 e. The number of halogens is 1. The second-order valence-electron chi connectivity index (χ2n) is 7.14. The van der Waals surface area contributed by atoms with E-state index >= 15 is 0 Å². The van der Waals surface area contributed by atoms with Gasteiger partial charge in [-0.15, -0.1) is 0 Å². The molecule has 0 fully saturated rings. The summed E-state index contributed by atoms with van der Waals surface area (Å²) in [5, 5.41) is 19.7. The minimum Gasteiger partial charge on any atom is -0.811 e. The third-order valence-electron chi connectivity index (χ3n) is 4.93. The van der Waals surface area contributed by atoms with Crippen molar-refractivity contribution in [1.29, 1.82) is 10.5 Å². The van der Waals surface area contributed by atoms with Crippen LogP contribution in [0.3, 0.4) is 0 Å². The average Bonchev–Trinajstić information content (AvgIpc) is 3.14. The number of methoxy groups -OCH3 is 1. The Morgan fingerprint density at radius 3 is 2.51 bits per heavy atom. The second-order valence-corrected chi connectivity index (χ2v) is 9.73. The van der Waals surface area contributed by atoms with Crippen molar-refractivity contribution in [2.24, 2.45) is 0 Å². The number of fused-ring (bicyclic) bond motifs is 1. The number of benzene rings is 2. The van der Waals surface area contributed by atoms with E-state index in [1.165, 1.54) is 17.9 Å². The normalized spacial score (nSPS) is 11.1. The molecule has 2 aromatic carbocycles. The van der Waals surface area contributed by atoms with Gasteiger partial charge in [0.1, 0.15) is 5.75 Å². The van der Waals surface area contributed by atoms with Crippen LogP contribution >= 0.6 is 23.5 Å². The van der Waals surface area contributed by atoms with Crippen molar-refractivity contribution in [2.75, 3.05) is 13.3 Å². The SMILES string of the molecule is COc1ccc(C#N)cc1/C=C(\C#N)c1cn(C(=O)CCCP(=O)([O-])[O-])c2ccc(Br)cc12.[Na+].[Na+]. The van der Waals surface area contributed by atoms with E-state index in [-0.39, 0.29) is 77.5 Å². The summed E-state index contributed by atoms with van der Waals surface area (Å²) in [6.45, 7) is 0. The number of ether oxygens (including phenoxy) is 1. The molecule has 0 saturated carbocycles. The maximum Gasteiger partial charge on any atom is 1.00 e. The Morgan fingerprint density at radius 2 is 1.91 bits per heavy atom. The molecule has 1 heterocycles. The summed E-state index contributed by atoms with van der Waals surface area (Å²) < 4.78 is 18.3. The first-order valence-corrected chi connectivity index (χ1v) is 12.2. The van der Waals surface area contributed by atoms with Gasteiger partial charge in [-0.1, -0.05) is 23.5 Å². The second kappa shape index (κ2) is 13.9. The Hall–Kier alpha value is -1.20. The molecule has 0 spiro atoms. The molecule has 3 aromatic rings. The molecule has 0 unspecified atom stereocenters. The van der Waals surface area contributed by atoms with E-state index in [0.717, 1.165) is 4.47 Å². The van der Waals surface area contributed by atoms with E-state index < -0.39 is 19.7 Å². The Bertz CT molecular complexity index is 1400. The first-order valence-electron chi connectivity index (χ1n) is 9.72. The summed E-state index contributed by atoms with van der Waals surface area (Å²) in [5.74, 6) is 0.0748. The Morgan fingerprint density at radius 1 is 1.20 bits per heavy atom. The molecular formula is C23H17BrN3Na2O5P. The summed E-state index contributed by atoms with van der Waals surface area (Å²) >= 11 is 3.40. The Kier molecular flexibility index (Phi) is 12.7. The minimum atomic E-state index is -4.69. The van der Waals surface area contributed by atoms with Gasteiger partial charge in [-0.2, -0.15) is 10.5 Å². The summed E-state index contributed by atoms with van der Waals surface area (Å²) in [7, 11) is -3.21. The molecule has 168 valence electrons. The molecule has 35 heavy (non-hydrogen) atoms. The van der Waals surface area contributed by atoms with Crippen LogP contribution in [0.1, 0.15) is 34.3 Å². The number of carbonyl (C=O) groups is 1. The number of nitrogens with zero attached hydrogens (tertiary/aromatic N) is 3. The zero-order chi connectivity index (χ0) is 24.2. The van der Waals surface area contributed by atoms with E-state index in [1.807, 2.05) is 6.07 Å². The topological polar surface area (TPSA) is 142 Å². The molecule has 3 rings (SSSR count). The van der Waals surface area contributed by atoms with Crippen LogP contribution < -0.4 is 73.6 Å². The fourth-order valence-corrected chi connectivity index (χ4v) is 4.32. The van der Waals surface area contributed by atoms with Crippen LogP contribution in [-0.4, -0.2) is 23.7 Å². The van der Waals surface area contributed by atoms with Crippen LogP contribution in [0, 0.1) is 22.7 Å². The molecule has 0 radical (unpaired) electrons. The van der Waals surface area contributed by atoms with Crippen LogP contribution in [0.25, 0.3) is 22.6 Å². The van der Waals surface area contributed by atoms with Crippen LogP contribution in [0.2, 0.25) is 0 Å². The summed E-state index contributed by atoms with van der Waals surface area (Å²) in [6, 6.07) is 14.3. The molecule has 0 aliphatic carbocycles. The van der Waals surface area contributed by atoms with E-state index in [9.17, 15) is 29.7 Å². The van der Waals surface area contributed by atoms with Gasteiger partial charge >= 0.3 is 59.1 Å². The van der Waals surface area contributed by atoms with Gasteiger partial charge in [0.2, 0.25) is 5.91 Å². The fraction of sp³-hybridized carbons (Fsp3) is 0.174. The van der Waals surface area contributed by atoms with Crippen molar-refractivity contribution >= 4 is 52.0 Å². The van der Waals surface area contributed by atoms with Crippen molar-refractivity contribution in [2.45, 2.75) is 12.8 Å². The molecule has 0 atom stereocenters. The smallest absolute Gasteiger partial charge is 0.811 e. The van der Waals surface area contributed by atoms with Gasteiger partial charge in [-0.3, -0.25) is 9.36 Å². The summed E-state index contributed by atoms with van der Waals surface area (Å²) in [4.78, 5) is 34.6. The molecule has 1 aromatic heterocycles. The standard InChI is InChI=1S/C23H19BrN3O5P.2Na/c1-32-22-7-4-15(12-25)9-16(22)10-17(13-26)20-14-27(21-6-5-18(24)11-19(20)21)23(28)3-2-8-33(29,30)31;;/h4-7,9-11,14H,2-3,8H2,1H3,(H2,29,30,31);;/q;2*+1/p-2/b17-10+;;. The van der Waals surface area contributed by atoms with Gasteiger partial charge in [0.05, 0.1) is 35.9 Å². The first kappa shape index (κ1) is 31.8. The van der Waals surface area contributed by atoms with E-state index in [0.29, 0.717) is 33.3 Å². The summed E-state index contributed by atoms with van der Waals surface area (Å²) in [6.07, 6.45) is 2.26. The zero-order valence-corrected chi connectivity index (χ0v) is 25.9. The molecule has 0 aliphatic heterocycles. The third kappa shape index (κ3) is 8.15. The van der Waals surface area contributed by atoms with Crippen LogP contribution in [0.4, 0.5) is 0 Å². The van der Waals surface area contributed by atoms with Crippen molar-refractivity contribution in [3.8, 4) is 17.9 Å². The van der Waals surface area contributed by atoms with Gasteiger partial charge < -0.3 is 19.1 Å². The summed E-state index contributed by atoms with van der Waals surface area (Å²) in [5.41, 5.74) is 2.17. The number of nitriles is 2. The van der Waals surface area contributed by atoms with Crippen molar-refractivity contribution < 1.29 is 83.0 Å². The Labute approximate surface area is 255 Å². The van der Waals surface area contributed by atoms with E-state index in [2.05, 4.69) is 22.0 Å². The number of aromatic nitrogens is 1. The molecule has 0 saturated heterocycles. The molecule has 12 heteroatoms. The predicted octanol–water partition coefficient (Wildman–Crippen LogP) is -2.31. The van der Waals surface area contributed by atoms with Crippen LogP contribution in [0.15, 0.2) is 47.1 Å². The predicted molar refractivity (Wildman–Crippen MR) is 123 cm³/mol. The van der Waals surface area contributed by atoms with Gasteiger partial charge in [0, 0.05) is 33.6 Å². The van der Waals surface area contributed by atoms with Gasteiger partial charge in [-0.05, 0) is 55.1 Å². The number of hydrogen-bond donors (Lipinski definition) is 0. The quantitative estimate of drug-likeness (QED) is 0.176. The maximum absolute atomic E-state index is 12.8. The monoisotopic (exact) mass is 571 g/mol. The van der Waals surface area contributed by atoms with Crippen LogP contribution in [0.5, 0.6) is 5.75 Å². The first-order chi connectivity index (χ1) is 15.7. The number of allylic oxidation sites excluding steroid dienone is 1. The molecule has 8 nitrogen and oxygen atoms in total. The molecular weight excluding hydrogens is 555 g/mol. The van der Waals surface area contributed by atoms with Gasteiger partial charge in [-0.25, -0.2) is 0 Å². The molecule has 0 N–H and O–H groups in total. The molecule has 0 aliphatic rings. The number of rotatable bonds is 7. The average molecular weight is 572 g/mol. The Balaban J connectivity index is 0.00000306. The maximum atomic E-state index is 12.8. The minimum absolute atomic E-state index is 0. The zero-order valence-electron chi connectivity index (χ0n) is 19.4. The van der Waals surface area contributed by atoms with Crippen LogP contribution in [-0.2, 0) is 4.57 Å². The van der Waals surface area contributed by atoms with Gasteiger partial charge in [0.25, 0.3) is 0 Å². The molecule has 0 bridgehead atoms. The van der Waals surface area contributed by atoms with Gasteiger partial charge in [0.15, 0.2) is 0 Å². The molecule has 0 amide bonds.